The molecule has 3 heterocycles. The zero-order chi connectivity index (χ0) is 24.2. The van der Waals surface area contributed by atoms with Gasteiger partial charge in [-0.05, 0) is 42.0 Å². The summed E-state index contributed by atoms with van der Waals surface area (Å²) in [7, 11) is 3.37. The van der Waals surface area contributed by atoms with Crippen LogP contribution >= 0.6 is 23.2 Å². The minimum Gasteiger partial charge on any atom is -0.481 e. The van der Waals surface area contributed by atoms with E-state index in [1.807, 2.05) is 37.6 Å². The second-order valence-corrected chi connectivity index (χ2v) is 8.37. The Morgan fingerprint density at radius 1 is 1.12 bits per heavy atom. The molecule has 0 bridgehead atoms. The van der Waals surface area contributed by atoms with Crippen LogP contribution in [0.3, 0.4) is 0 Å². The number of aromatic nitrogens is 4. The Kier molecular flexibility index (Phi) is 7.00. The van der Waals surface area contributed by atoms with Crippen molar-refractivity contribution in [1.82, 2.24) is 24.4 Å². The molecule has 1 aromatic carbocycles. The molecule has 1 amide bonds. The highest BCUT2D eigenvalue weighted by molar-refractivity contribution is 6.41. The van der Waals surface area contributed by atoms with E-state index in [4.69, 9.17) is 33.3 Å². The van der Waals surface area contributed by atoms with E-state index in [0.717, 1.165) is 11.1 Å². The van der Waals surface area contributed by atoms with Gasteiger partial charge in [0, 0.05) is 36.6 Å². The smallest absolute Gasteiger partial charge is 0.251 e. The van der Waals surface area contributed by atoms with Gasteiger partial charge in [-0.3, -0.25) is 10.2 Å². The van der Waals surface area contributed by atoms with Gasteiger partial charge in [0.15, 0.2) is 0 Å². The summed E-state index contributed by atoms with van der Waals surface area (Å²) in [6.45, 7) is 0.614. The topological polar surface area (TPSA) is 97.8 Å². The first kappa shape index (κ1) is 23.5. The van der Waals surface area contributed by atoms with Gasteiger partial charge < -0.3 is 19.2 Å². The number of aryl methyl sites for hydroxylation is 1. The molecule has 0 aliphatic rings. The Labute approximate surface area is 206 Å². The van der Waals surface area contributed by atoms with Crippen molar-refractivity contribution in [3.63, 3.8) is 0 Å². The van der Waals surface area contributed by atoms with Crippen molar-refractivity contribution in [1.29, 1.82) is 5.41 Å². The minimum absolute atomic E-state index is 0.188. The number of imidazole rings is 1. The van der Waals surface area contributed by atoms with E-state index >= 15 is 0 Å². The summed E-state index contributed by atoms with van der Waals surface area (Å²) in [6, 6.07) is 14.3. The fourth-order valence-corrected chi connectivity index (χ4v) is 3.70. The van der Waals surface area contributed by atoms with Gasteiger partial charge in [-0.15, -0.1) is 0 Å². The predicted molar refractivity (Wildman–Crippen MR) is 130 cm³/mol. The van der Waals surface area contributed by atoms with E-state index in [2.05, 4.69) is 15.3 Å². The fourth-order valence-electron chi connectivity index (χ4n) is 3.43. The largest absolute Gasteiger partial charge is 0.481 e. The predicted octanol–water partition coefficient (Wildman–Crippen LogP) is 4.06. The fraction of sp³-hybridized carbons (Fsp3) is 0.167. The molecular formula is C24H22Cl2N6O2. The Morgan fingerprint density at radius 3 is 2.65 bits per heavy atom. The van der Waals surface area contributed by atoms with Gasteiger partial charge in [0.1, 0.15) is 5.15 Å². The van der Waals surface area contributed by atoms with Gasteiger partial charge in [0.05, 0.1) is 36.6 Å². The van der Waals surface area contributed by atoms with Crippen LogP contribution in [0.2, 0.25) is 10.2 Å². The van der Waals surface area contributed by atoms with Crippen molar-refractivity contribution in [2.45, 2.75) is 13.1 Å². The maximum Gasteiger partial charge on any atom is 0.251 e. The Morgan fingerprint density at radius 2 is 1.94 bits per heavy atom. The molecule has 0 atom stereocenters. The number of methoxy groups -OCH3 is 1. The molecule has 0 aliphatic heterocycles. The molecule has 34 heavy (non-hydrogen) atoms. The van der Waals surface area contributed by atoms with Crippen LogP contribution in [0.4, 0.5) is 0 Å². The van der Waals surface area contributed by atoms with E-state index in [9.17, 15) is 4.79 Å². The van der Waals surface area contributed by atoms with Crippen LogP contribution in [0.25, 0.3) is 11.3 Å². The number of pyridine rings is 2. The van der Waals surface area contributed by atoms with E-state index in [0.29, 0.717) is 40.0 Å². The number of halogens is 2. The number of amides is 1. The standard InChI is InChI=1S/C24H22Cl2N6O2/c1-31-8-9-32(24(31)27)14-15-10-16(20-4-3-5-21(30-20)34-2)12-17(11-15)23(33)28-13-18-6-7-19(25)22(26)29-18/h3-12,27H,13-14H2,1-2H3,(H,28,33). The van der Waals surface area contributed by atoms with Crippen molar-refractivity contribution in [3.05, 3.63) is 93.5 Å². The highest BCUT2D eigenvalue weighted by Gasteiger charge is 2.13. The lowest BCUT2D eigenvalue weighted by Gasteiger charge is -2.12. The Hall–Kier alpha value is -3.62. The molecule has 0 fully saturated rings. The summed E-state index contributed by atoms with van der Waals surface area (Å²) in [6.07, 6.45) is 3.64. The molecule has 4 aromatic rings. The monoisotopic (exact) mass is 496 g/mol. The molecule has 0 saturated carbocycles. The average Bonchev–Trinajstić information content (AvgIpc) is 3.16. The first-order valence-electron chi connectivity index (χ1n) is 10.3. The number of hydrogen-bond acceptors (Lipinski definition) is 5. The normalized spacial score (nSPS) is 10.8. The number of benzene rings is 1. The van der Waals surface area contributed by atoms with Crippen LogP contribution in [0.15, 0.2) is 60.9 Å². The molecule has 0 aliphatic carbocycles. The lowest BCUT2D eigenvalue weighted by Crippen LogP contribution is -2.24. The summed E-state index contributed by atoms with van der Waals surface area (Å²) in [4.78, 5) is 21.7. The number of carbonyl (C=O) groups is 1. The zero-order valence-corrected chi connectivity index (χ0v) is 20.1. The highest BCUT2D eigenvalue weighted by atomic mass is 35.5. The van der Waals surface area contributed by atoms with Gasteiger partial charge in [-0.1, -0.05) is 29.3 Å². The molecule has 0 radical (unpaired) electrons. The van der Waals surface area contributed by atoms with E-state index < -0.39 is 0 Å². The second kappa shape index (κ2) is 10.1. The van der Waals surface area contributed by atoms with Crippen LogP contribution in [0, 0.1) is 5.41 Å². The minimum atomic E-state index is -0.275. The SMILES string of the molecule is COc1cccc(-c2cc(Cn3ccn(C)c3=N)cc(C(=O)NCc3ccc(Cl)c(Cl)n3)c2)n1. The lowest BCUT2D eigenvalue weighted by atomic mass is 10.0. The van der Waals surface area contributed by atoms with Crippen LogP contribution in [-0.2, 0) is 20.1 Å². The number of carbonyl (C=O) groups excluding carboxylic acids is 1. The maximum atomic E-state index is 13.1. The van der Waals surface area contributed by atoms with Gasteiger partial charge >= 0.3 is 0 Å². The second-order valence-electron chi connectivity index (χ2n) is 7.60. The van der Waals surface area contributed by atoms with Gasteiger partial charge in [-0.2, -0.15) is 0 Å². The molecule has 0 unspecified atom stereocenters. The molecule has 4 rings (SSSR count). The molecule has 174 valence electrons. The van der Waals surface area contributed by atoms with E-state index in [1.165, 1.54) is 0 Å². The Bertz CT molecular complexity index is 1410. The molecule has 8 nitrogen and oxygen atoms in total. The van der Waals surface area contributed by atoms with Crippen LogP contribution in [-0.4, -0.2) is 32.1 Å². The third-order valence-corrected chi connectivity index (χ3v) is 5.89. The van der Waals surface area contributed by atoms with Crippen LogP contribution in [0.1, 0.15) is 21.6 Å². The average molecular weight is 497 g/mol. The zero-order valence-electron chi connectivity index (χ0n) is 18.5. The van der Waals surface area contributed by atoms with Crippen LogP contribution < -0.4 is 15.7 Å². The van der Waals surface area contributed by atoms with Crippen LogP contribution in [0.5, 0.6) is 5.88 Å². The lowest BCUT2D eigenvalue weighted by molar-refractivity contribution is 0.0950. The third-order valence-electron chi connectivity index (χ3n) is 5.20. The third kappa shape index (κ3) is 5.30. The highest BCUT2D eigenvalue weighted by Crippen LogP contribution is 2.24. The van der Waals surface area contributed by atoms with Crippen molar-refractivity contribution in [2.24, 2.45) is 7.05 Å². The molecule has 10 heteroatoms. The number of nitrogens with one attached hydrogen (secondary N) is 2. The van der Waals surface area contributed by atoms with Crippen molar-refractivity contribution < 1.29 is 9.53 Å². The number of nitrogens with zero attached hydrogens (tertiary/aromatic N) is 4. The van der Waals surface area contributed by atoms with E-state index in [1.54, 1.807) is 46.6 Å². The molecule has 3 aromatic heterocycles. The summed E-state index contributed by atoms with van der Waals surface area (Å²) in [5.41, 5.74) is 3.68. The molecule has 0 saturated heterocycles. The van der Waals surface area contributed by atoms with Gasteiger partial charge in [0.25, 0.3) is 5.91 Å². The molecule has 0 spiro atoms. The first-order valence-corrected chi connectivity index (χ1v) is 11.1. The van der Waals surface area contributed by atoms with Crippen molar-refractivity contribution >= 4 is 29.1 Å². The van der Waals surface area contributed by atoms with Crippen molar-refractivity contribution in [2.75, 3.05) is 7.11 Å². The van der Waals surface area contributed by atoms with Crippen molar-refractivity contribution in [3.8, 4) is 17.1 Å². The maximum absolute atomic E-state index is 13.1. The molecular weight excluding hydrogens is 475 g/mol. The Balaban J connectivity index is 1.66. The first-order chi connectivity index (χ1) is 16.3. The van der Waals surface area contributed by atoms with Gasteiger partial charge in [0.2, 0.25) is 11.5 Å². The number of hydrogen-bond donors (Lipinski definition) is 2. The number of rotatable bonds is 7. The molecule has 2 N–H and O–H groups in total. The number of ether oxygens (including phenoxy) is 1. The van der Waals surface area contributed by atoms with E-state index in [-0.39, 0.29) is 17.6 Å². The summed E-state index contributed by atoms with van der Waals surface area (Å²) in [5, 5.41) is 11.6. The summed E-state index contributed by atoms with van der Waals surface area (Å²) >= 11 is 11.9. The van der Waals surface area contributed by atoms with Gasteiger partial charge in [-0.25, -0.2) is 9.97 Å². The summed E-state index contributed by atoms with van der Waals surface area (Å²) < 4.78 is 8.76. The quantitative estimate of drug-likeness (QED) is 0.377. The summed E-state index contributed by atoms with van der Waals surface area (Å²) in [5.74, 6) is 0.202.